The van der Waals surface area contributed by atoms with Gasteiger partial charge in [0.2, 0.25) is 17.5 Å². The first-order valence-electron chi connectivity index (χ1n) is 19.9. The molecule has 25 nitrogen and oxygen atoms in total. The first-order valence-corrected chi connectivity index (χ1v) is 19.9. The Hall–Kier alpha value is -4.07. The van der Waals surface area contributed by atoms with E-state index in [1.54, 1.807) is 0 Å². The molecule has 15 N–H and O–H groups in total. The van der Waals surface area contributed by atoms with E-state index in [0.717, 1.165) is 24.3 Å². The van der Waals surface area contributed by atoms with Crippen molar-refractivity contribution in [2.45, 2.75) is 137 Å². The molecule has 20 atom stereocenters. The van der Waals surface area contributed by atoms with Crippen LogP contribution in [-0.4, -0.2) is 213 Å². The van der Waals surface area contributed by atoms with Crippen LogP contribution in [0.4, 0.5) is 0 Å². The van der Waals surface area contributed by atoms with Gasteiger partial charge < -0.3 is 119 Å². The van der Waals surface area contributed by atoms with Gasteiger partial charge in [-0.3, -0.25) is 4.79 Å². The Bertz CT molecular complexity index is 2150. The van der Waals surface area contributed by atoms with E-state index in [0.29, 0.717) is 0 Å². The third-order valence-corrected chi connectivity index (χ3v) is 11.5. The zero-order valence-electron chi connectivity index (χ0n) is 33.6. The second-order valence-corrected chi connectivity index (χ2v) is 15.9. The number of benzene rings is 2. The van der Waals surface area contributed by atoms with E-state index in [-0.39, 0.29) is 11.1 Å². The van der Waals surface area contributed by atoms with Gasteiger partial charge in [-0.25, -0.2) is 0 Å². The van der Waals surface area contributed by atoms with Crippen LogP contribution >= 0.6 is 0 Å². The summed E-state index contributed by atoms with van der Waals surface area (Å²) in [6.45, 7) is 1.07. The summed E-state index contributed by atoms with van der Waals surface area (Å²) in [5, 5.41) is 158. The highest BCUT2D eigenvalue weighted by atomic mass is 16.8. The van der Waals surface area contributed by atoms with E-state index >= 15 is 0 Å². The summed E-state index contributed by atoms with van der Waals surface area (Å²) >= 11 is 0. The zero-order valence-corrected chi connectivity index (χ0v) is 33.6. The maximum absolute atomic E-state index is 14.3. The van der Waals surface area contributed by atoms with Crippen LogP contribution in [-0.2, 0) is 33.2 Å². The van der Waals surface area contributed by atoms with E-state index in [1.165, 1.54) is 19.9 Å². The number of fused-ring (bicyclic) bond motifs is 1. The Kier molecular flexibility index (Phi) is 14.2. The van der Waals surface area contributed by atoms with Crippen molar-refractivity contribution in [1.29, 1.82) is 0 Å². The molecule has 64 heavy (non-hydrogen) atoms. The number of aliphatic hydroxyl groups is 11. The van der Waals surface area contributed by atoms with E-state index in [1.807, 2.05) is 0 Å². The molecule has 0 bridgehead atoms. The lowest BCUT2D eigenvalue weighted by Crippen LogP contribution is -2.66. The topological polar surface area (TPSA) is 408 Å². The number of phenolic OH excluding ortho intramolecular Hbond substituents is 4. The van der Waals surface area contributed by atoms with Gasteiger partial charge in [0, 0.05) is 11.6 Å². The smallest absolute Gasteiger partial charge is 0.235 e. The second kappa shape index (κ2) is 19.0. The first kappa shape index (κ1) is 47.9. The highest BCUT2D eigenvalue weighted by molar-refractivity contribution is 5.85. The fourth-order valence-electron chi connectivity index (χ4n) is 7.66. The van der Waals surface area contributed by atoms with Gasteiger partial charge in [0.15, 0.2) is 53.7 Å². The predicted molar refractivity (Wildman–Crippen MR) is 204 cm³/mol. The molecule has 1 aromatic heterocycles. The van der Waals surface area contributed by atoms with Gasteiger partial charge in [-0.05, 0) is 38.1 Å². The fourth-order valence-corrected chi connectivity index (χ4v) is 7.66. The standard InChI is InChI=1S/C39H50O25/c1-10-21(45)26(50)29(53)36(57-10)56-9-20-25(49)28(52)35(64-38-31(55)33(22(46)11(2)58-38)62-37-30(54)27(51)24(48)19(8-40)60-37)39(61-20)63-34-23(47)13-6-16(43)17(44)7-18(13)59-32(34)12-3-4-14(41)15(42)5-12/h3-7,10-11,19-22,24-31,33,35-46,48-55H,8-9H2,1-2H3/t10-,11-,19+,20+,21-,22-,24+,25-,26+,27-,28-,29+,30+,31+,33+,35+,36+,37-,38-,39-/m0/s1. The van der Waals surface area contributed by atoms with Gasteiger partial charge in [0.05, 0.1) is 30.8 Å². The van der Waals surface area contributed by atoms with Crippen molar-refractivity contribution < 1.29 is 119 Å². The number of rotatable bonds is 11. The van der Waals surface area contributed by atoms with Gasteiger partial charge in [0.25, 0.3) is 0 Å². The van der Waals surface area contributed by atoms with Crippen molar-refractivity contribution in [2.75, 3.05) is 13.2 Å². The number of aromatic hydroxyl groups is 4. The molecule has 3 aromatic rings. The van der Waals surface area contributed by atoms with Gasteiger partial charge in [0.1, 0.15) is 84.9 Å². The molecule has 25 heteroatoms. The first-order chi connectivity index (χ1) is 30.2. The molecule has 0 saturated carbocycles. The molecule has 0 unspecified atom stereocenters. The quantitative estimate of drug-likeness (QED) is 0.0801. The number of hydrogen-bond donors (Lipinski definition) is 15. The second-order valence-electron chi connectivity index (χ2n) is 15.9. The maximum atomic E-state index is 14.3. The molecule has 4 fully saturated rings. The number of ether oxygens (including phenoxy) is 8. The zero-order chi connectivity index (χ0) is 46.6. The Labute approximate surface area is 360 Å². The monoisotopic (exact) mass is 918 g/mol. The van der Waals surface area contributed by atoms with Crippen molar-refractivity contribution in [3.05, 3.63) is 40.6 Å². The molecule has 5 heterocycles. The highest BCUT2D eigenvalue weighted by Gasteiger charge is 2.54. The minimum absolute atomic E-state index is 0.133. The third kappa shape index (κ3) is 9.06. The van der Waals surface area contributed by atoms with Crippen LogP contribution < -0.4 is 10.2 Å². The van der Waals surface area contributed by atoms with Crippen molar-refractivity contribution in [2.24, 2.45) is 0 Å². The van der Waals surface area contributed by atoms with Crippen LogP contribution in [0.2, 0.25) is 0 Å². The normalized spacial score (nSPS) is 40.6. The molecule has 0 radical (unpaired) electrons. The predicted octanol–water partition coefficient (Wildman–Crippen LogP) is -5.01. The van der Waals surface area contributed by atoms with Crippen LogP contribution in [0.5, 0.6) is 28.7 Å². The summed E-state index contributed by atoms with van der Waals surface area (Å²) in [7, 11) is 0. The molecule has 2 aromatic carbocycles. The van der Waals surface area contributed by atoms with Crippen LogP contribution in [0.15, 0.2) is 39.5 Å². The van der Waals surface area contributed by atoms with Crippen molar-refractivity contribution in [3.63, 3.8) is 0 Å². The molecule has 4 aliphatic heterocycles. The minimum Gasteiger partial charge on any atom is -0.504 e. The van der Waals surface area contributed by atoms with Gasteiger partial charge in [-0.1, -0.05) is 0 Å². The van der Waals surface area contributed by atoms with E-state index in [9.17, 15) is 81.4 Å². The van der Waals surface area contributed by atoms with Crippen molar-refractivity contribution in [1.82, 2.24) is 0 Å². The molecular formula is C39H50O25. The number of hydrogen-bond acceptors (Lipinski definition) is 25. The SMILES string of the molecule is C[C@@H]1O[C@@H](OC[C@H]2O[C@@H](Oc3c(-c4ccc(O)c(O)c4)oc4cc(O)c(O)cc4c3=O)[C@H](O[C@@H]3O[C@@H](C)[C@H](O)[C@@H](O[C@@H]4O[C@H](CO)[C@@H](O)[C@H](O)[C@H]4O)[C@H]3O)[C@@H](O)[C@H]2O)[C@H](O)[C@H](O)[C@H]1O. The van der Waals surface area contributed by atoms with Crippen LogP contribution in [0.1, 0.15) is 13.8 Å². The van der Waals surface area contributed by atoms with Gasteiger partial charge >= 0.3 is 0 Å². The summed E-state index contributed by atoms with van der Waals surface area (Å²) in [6, 6.07) is 4.92. The summed E-state index contributed by atoms with van der Waals surface area (Å²) in [5.74, 6) is -4.03. The van der Waals surface area contributed by atoms with Gasteiger partial charge in [-0.2, -0.15) is 0 Å². The van der Waals surface area contributed by atoms with E-state index < -0.39 is 181 Å². The number of aliphatic hydroxyl groups excluding tert-OH is 11. The lowest BCUT2D eigenvalue weighted by molar-refractivity contribution is -0.379. The lowest BCUT2D eigenvalue weighted by atomic mass is 9.96. The lowest BCUT2D eigenvalue weighted by Gasteiger charge is -2.48. The molecule has 4 aliphatic rings. The molecule has 356 valence electrons. The van der Waals surface area contributed by atoms with E-state index in [2.05, 4.69) is 0 Å². The Morgan fingerprint density at radius 3 is 1.80 bits per heavy atom. The summed E-state index contributed by atoms with van der Waals surface area (Å²) < 4.78 is 51.9. The summed E-state index contributed by atoms with van der Waals surface area (Å²) in [6.07, 6.45) is -35.7. The Balaban J connectivity index is 1.24. The van der Waals surface area contributed by atoms with Crippen LogP contribution in [0.3, 0.4) is 0 Å². The van der Waals surface area contributed by atoms with Crippen molar-refractivity contribution >= 4 is 11.0 Å². The van der Waals surface area contributed by atoms with Crippen LogP contribution in [0, 0.1) is 0 Å². The molecule has 4 saturated heterocycles. The number of phenols is 4. The molecule has 7 rings (SSSR count). The minimum atomic E-state index is -2.16. The van der Waals surface area contributed by atoms with Gasteiger partial charge in [-0.15, -0.1) is 0 Å². The Morgan fingerprint density at radius 1 is 0.547 bits per heavy atom. The molecular weight excluding hydrogens is 868 g/mol. The average molecular weight is 919 g/mol. The van der Waals surface area contributed by atoms with Crippen molar-refractivity contribution in [3.8, 4) is 40.1 Å². The summed E-state index contributed by atoms with van der Waals surface area (Å²) in [5.41, 5.74) is -1.53. The van der Waals surface area contributed by atoms with E-state index in [4.69, 9.17) is 42.3 Å². The molecule has 0 aliphatic carbocycles. The maximum Gasteiger partial charge on any atom is 0.235 e. The highest BCUT2D eigenvalue weighted by Crippen LogP contribution is 2.40. The van der Waals surface area contributed by atoms with Crippen LogP contribution in [0.25, 0.3) is 22.3 Å². The average Bonchev–Trinajstić information content (AvgIpc) is 3.26. The Morgan fingerprint density at radius 2 is 1.11 bits per heavy atom. The summed E-state index contributed by atoms with van der Waals surface area (Å²) in [4.78, 5) is 14.3. The fraction of sp³-hybridized carbons (Fsp3) is 0.615. The largest absolute Gasteiger partial charge is 0.504 e. The molecule has 0 amide bonds. The molecule has 0 spiro atoms. The third-order valence-electron chi connectivity index (χ3n) is 11.5.